The molecule has 8 heteroatoms. The van der Waals surface area contributed by atoms with Crippen molar-refractivity contribution in [2.75, 3.05) is 4.90 Å². The van der Waals surface area contributed by atoms with Crippen LogP contribution in [0.1, 0.15) is 17.5 Å². The first-order valence-corrected chi connectivity index (χ1v) is 9.57. The molecule has 5 rings (SSSR count). The molecule has 0 bridgehead atoms. The average Bonchev–Trinajstić information content (AvgIpc) is 3.23. The summed E-state index contributed by atoms with van der Waals surface area (Å²) < 4.78 is 0. The topological polar surface area (TPSA) is 95.0 Å². The number of aliphatic hydroxyl groups is 1. The zero-order valence-electron chi connectivity index (χ0n) is 14.9. The van der Waals surface area contributed by atoms with E-state index in [-0.39, 0.29) is 24.5 Å². The van der Waals surface area contributed by atoms with E-state index in [9.17, 15) is 9.90 Å². The second-order valence-corrected chi connectivity index (χ2v) is 7.77. The molecule has 0 spiro atoms. The largest absolute Gasteiger partial charge is 0.392 e. The molecule has 1 saturated carbocycles. The van der Waals surface area contributed by atoms with E-state index in [4.69, 9.17) is 11.6 Å². The maximum Gasteiger partial charge on any atom is 0.232 e. The Morgan fingerprint density at radius 3 is 2.79 bits per heavy atom. The Balaban J connectivity index is 1.39. The molecule has 142 valence electrons. The number of nitrogens with zero attached hydrogens (tertiary/aromatic N) is 4. The number of piperidine rings is 1. The number of hydrogen-bond donors (Lipinski definition) is 2. The van der Waals surface area contributed by atoms with Crippen LogP contribution in [-0.2, 0) is 17.8 Å². The van der Waals surface area contributed by atoms with Gasteiger partial charge in [0, 0.05) is 34.2 Å². The standard InChI is InChI=1S/C20H18ClN5O2/c21-13-3-1-11(2-4-13)5-15-14-6-18(14)26(20(15)28)19-7-17(24-25-19)16-9-23-22-8-12(16)10-27/h1-4,7-9,14-15,18,27H,5-6,10H2,(H,24,25). The van der Waals surface area contributed by atoms with Gasteiger partial charge in [-0.2, -0.15) is 15.3 Å². The average molecular weight is 396 g/mol. The molecule has 1 aromatic carbocycles. The summed E-state index contributed by atoms with van der Waals surface area (Å²) in [4.78, 5) is 14.9. The number of halogens is 1. The second-order valence-electron chi connectivity index (χ2n) is 7.34. The van der Waals surface area contributed by atoms with E-state index in [1.165, 1.54) is 6.20 Å². The van der Waals surface area contributed by atoms with E-state index >= 15 is 0 Å². The molecule has 1 aliphatic carbocycles. The van der Waals surface area contributed by atoms with Gasteiger partial charge in [0.15, 0.2) is 0 Å². The van der Waals surface area contributed by atoms with Gasteiger partial charge in [0.1, 0.15) is 5.82 Å². The Bertz CT molecular complexity index is 1040. The lowest BCUT2D eigenvalue weighted by Crippen LogP contribution is -2.32. The van der Waals surface area contributed by atoms with Crippen molar-refractivity contribution < 1.29 is 9.90 Å². The lowest BCUT2D eigenvalue weighted by Gasteiger charge is -2.19. The van der Waals surface area contributed by atoms with Crippen LogP contribution < -0.4 is 4.90 Å². The van der Waals surface area contributed by atoms with Crippen LogP contribution in [0.2, 0.25) is 5.02 Å². The van der Waals surface area contributed by atoms with Gasteiger partial charge in [-0.05, 0) is 36.5 Å². The van der Waals surface area contributed by atoms with Crippen molar-refractivity contribution in [2.45, 2.75) is 25.5 Å². The third kappa shape index (κ3) is 2.87. The third-order valence-corrected chi connectivity index (χ3v) is 5.91. The number of aliphatic hydroxyl groups excluding tert-OH is 1. The van der Waals surface area contributed by atoms with Crippen molar-refractivity contribution >= 4 is 23.3 Å². The number of fused-ring (bicyclic) bond motifs is 1. The monoisotopic (exact) mass is 395 g/mol. The van der Waals surface area contributed by atoms with E-state index in [2.05, 4.69) is 20.4 Å². The Kier molecular flexibility index (Phi) is 4.14. The Hall–Kier alpha value is -2.77. The van der Waals surface area contributed by atoms with Crippen molar-refractivity contribution in [3.63, 3.8) is 0 Å². The van der Waals surface area contributed by atoms with Crippen LogP contribution in [0.4, 0.5) is 5.82 Å². The molecule has 2 aromatic heterocycles. The van der Waals surface area contributed by atoms with E-state index in [0.717, 1.165) is 18.4 Å². The van der Waals surface area contributed by atoms with Crippen LogP contribution in [0, 0.1) is 11.8 Å². The molecular formula is C20H18ClN5O2. The molecule has 28 heavy (non-hydrogen) atoms. The van der Waals surface area contributed by atoms with E-state index in [0.29, 0.717) is 33.6 Å². The van der Waals surface area contributed by atoms with Gasteiger partial charge < -0.3 is 5.11 Å². The zero-order valence-corrected chi connectivity index (χ0v) is 15.7. The van der Waals surface area contributed by atoms with Gasteiger partial charge in [0.2, 0.25) is 5.91 Å². The first-order valence-electron chi connectivity index (χ1n) is 9.19. The van der Waals surface area contributed by atoms with Crippen molar-refractivity contribution in [1.29, 1.82) is 0 Å². The van der Waals surface area contributed by atoms with Gasteiger partial charge in [-0.1, -0.05) is 23.7 Å². The number of rotatable bonds is 5. The molecule has 2 N–H and O–H groups in total. The number of aromatic nitrogens is 4. The molecule has 1 aliphatic heterocycles. The van der Waals surface area contributed by atoms with E-state index in [1.807, 2.05) is 35.2 Å². The molecule has 3 heterocycles. The van der Waals surface area contributed by atoms with Gasteiger partial charge in [-0.25, -0.2) is 0 Å². The maximum absolute atomic E-state index is 13.1. The number of anilines is 1. The third-order valence-electron chi connectivity index (χ3n) is 5.66. The van der Waals surface area contributed by atoms with Crippen molar-refractivity contribution in [3.05, 3.63) is 58.9 Å². The number of aromatic amines is 1. The second kappa shape index (κ2) is 6.68. The number of carbonyl (C=O) groups is 1. The minimum absolute atomic E-state index is 0.0199. The molecule has 7 nitrogen and oxygen atoms in total. The van der Waals surface area contributed by atoms with Crippen LogP contribution in [0.5, 0.6) is 0 Å². The van der Waals surface area contributed by atoms with Crippen LogP contribution in [0.25, 0.3) is 11.3 Å². The molecular weight excluding hydrogens is 378 g/mol. The minimum Gasteiger partial charge on any atom is -0.392 e. The fourth-order valence-electron chi connectivity index (χ4n) is 4.14. The normalized spacial score (nSPS) is 23.1. The number of nitrogens with one attached hydrogen (secondary N) is 1. The summed E-state index contributed by atoms with van der Waals surface area (Å²) in [6.45, 7) is -0.149. The summed E-state index contributed by atoms with van der Waals surface area (Å²) >= 11 is 5.96. The van der Waals surface area contributed by atoms with Crippen LogP contribution in [-0.4, -0.2) is 37.5 Å². The van der Waals surface area contributed by atoms with Crippen molar-refractivity contribution in [1.82, 2.24) is 20.4 Å². The summed E-state index contributed by atoms with van der Waals surface area (Å²) in [5.74, 6) is 1.17. The van der Waals surface area contributed by atoms with Gasteiger partial charge in [0.05, 0.1) is 24.7 Å². The zero-order chi connectivity index (χ0) is 19.3. The van der Waals surface area contributed by atoms with E-state index < -0.39 is 0 Å². The smallest absolute Gasteiger partial charge is 0.232 e. The van der Waals surface area contributed by atoms with Crippen molar-refractivity contribution in [3.8, 4) is 11.3 Å². The van der Waals surface area contributed by atoms with Crippen LogP contribution in [0.3, 0.4) is 0 Å². The summed E-state index contributed by atoms with van der Waals surface area (Å²) in [6.07, 6.45) is 4.82. The lowest BCUT2D eigenvalue weighted by atomic mass is 9.95. The summed E-state index contributed by atoms with van der Waals surface area (Å²) in [6, 6.07) is 9.76. The number of H-pyrrole nitrogens is 1. The number of benzene rings is 1. The fourth-order valence-corrected chi connectivity index (χ4v) is 4.27. The number of hydrogen-bond acceptors (Lipinski definition) is 5. The van der Waals surface area contributed by atoms with Crippen LogP contribution >= 0.6 is 11.6 Å². The van der Waals surface area contributed by atoms with Gasteiger partial charge in [0.25, 0.3) is 0 Å². The number of amides is 1. The summed E-state index contributed by atoms with van der Waals surface area (Å²) in [7, 11) is 0. The highest BCUT2D eigenvalue weighted by Gasteiger charge is 2.58. The van der Waals surface area contributed by atoms with E-state index in [1.54, 1.807) is 6.20 Å². The highest BCUT2D eigenvalue weighted by atomic mass is 35.5. The predicted octanol–water partition coefficient (Wildman–Crippen LogP) is 2.61. The molecule has 2 aliphatic rings. The maximum atomic E-state index is 13.1. The highest BCUT2D eigenvalue weighted by Crippen LogP contribution is 2.51. The Labute approximate surface area is 166 Å². The molecule has 3 atom stereocenters. The molecule has 3 unspecified atom stereocenters. The molecule has 1 saturated heterocycles. The van der Waals surface area contributed by atoms with Crippen molar-refractivity contribution in [2.24, 2.45) is 11.8 Å². The predicted molar refractivity (Wildman–Crippen MR) is 104 cm³/mol. The van der Waals surface area contributed by atoms with Gasteiger partial charge >= 0.3 is 0 Å². The molecule has 0 radical (unpaired) electrons. The van der Waals surface area contributed by atoms with Crippen LogP contribution in [0.15, 0.2) is 42.7 Å². The number of carbonyl (C=O) groups excluding carboxylic acids is 1. The first kappa shape index (κ1) is 17.3. The lowest BCUT2D eigenvalue weighted by molar-refractivity contribution is -0.121. The summed E-state index contributed by atoms with van der Waals surface area (Å²) in [5.41, 5.74) is 3.11. The summed E-state index contributed by atoms with van der Waals surface area (Å²) in [5, 5.41) is 25.2. The Morgan fingerprint density at radius 1 is 1.21 bits per heavy atom. The van der Waals surface area contributed by atoms with Gasteiger partial charge in [-0.15, -0.1) is 0 Å². The van der Waals surface area contributed by atoms with Gasteiger partial charge in [-0.3, -0.25) is 14.8 Å². The highest BCUT2D eigenvalue weighted by molar-refractivity contribution is 6.30. The molecule has 1 amide bonds. The quantitative estimate of drug-likeness (QED) is 0.692. The molecule has 3 aromatic rings. The minimum atomic E-state index is -0.149. The fraction of sp³-hybridized carbons (Fsp3) is 0.300. The Morgan fingerprint density at radius 2 is 2.00 bits per heavy atom. The first-order chi connectivity index (χ1) is 13.7. The molecule has 2 fully saturated rings. The SMILES string of the molecule is O=C1C(Cc2ccc(Cl)cc2)C2CC2N1c1cc(-c2cnncc2CO)n[nH]1.